The third-order valence-corrected chi connectivity index (χ3v) is 6.11. The number of aromatic nitrogens is 1. The summed E-state index contributed by atoms with van der Waals surface area (Å²) in [6, 6.07) is 16.6. The number of nitrogens with zero attached hydrogens (tertiary/aromatic N) is 3. The summed E-state index contributed by atoms with van der Waals surface area (Å²) in [5, 5.41) is 3.03. The third-order valence-electron chi connectivity index (χ3n) is 5.15. The number of piperazine rings is 1. The van der Waals surface area contributed by atoms with Gasteiger partial charge in [0.15, 0.2) is 0 Å². The standard InChI is InChI=1S/C23H32N4OS/c28-23(20-29-19-22-10-4-5-11-24-22)25-12-6-7-13-26-14-16-27(17-15-26)18-21-8-2-1-3-9-21/h1-5,8-11H,6-7,12-20H2,(H,25,28). The van der Waals surface area contributed by atoms with E-state index in [0.29, 0.717) is 5.75 Å². The van der Waals surface area contributed by atoms with Crippen molar-refractivity contribution in [2.45, 2.75) is 25.1 Å². The first-order valence-electron chi connectivity index (χ1n) is 10.5. The molecule has 0 radical (unpaired) electrons. The van der Waals surface area contributed by atoms with E-state index in [-0.39, 0.29) is 5.91 Å². The molecule has 1 aromatic heterocycles. The van der Waals surface area contributed by atoms with Crippen LogP contribution < -0.4 is 5.32 Å². The molecule has 2 aromatic rings. The van der Waals surface area contributed by atoms with Crippen LogP contribution in [0.1, 0.15) is 24.1 Å². The van der Waals surface area contributed by atoms with Gasteiger partial charge in [-0.25, -0.2) is 0 Å². The molecule has 0 bridgehead atoms. The molecular weight excluding hydrogens is 380 g/mol. The Kier molecular flexibility index (Phi) is 9.50. The minimum absolute atomic E-state index is 0.125. The molecule has 0 spiro atoms. The van der Waals surface area contributed by atoms with Gasteiger partial charge in [-0.15, -0.1) is 11.8 Å². The average molecular weight is 413 g/mol. The fourth-order valence-electron chi connectivity index (χ4n) is 3.48. The Morgan fingerprint density at radius 1 is 0.966 bits per heavy atom. The van der Waals surface area contributed by atoms with E-state index in [9.17, 15) is 4.79 Å². The maximum absolute atomic E-state index is 11.9. The molecule has 0 atom stereocenters. The van der Waals surface area contributed by atoms with Gasteiger partial charge in [-0.1, -0.05) is 36.4 Å². The van der Waals surface area contributed by atoms with Gasteiger partial charge in [0, 0.05) is 51.2 Å². The van der Waals surface area contributed by atoms with E-state index in [1.807, 2.05) is 18.2 Å². The molecule has 1 fully saturated rings. The van der Waals surface area contributed by atoms with Crippen molar-refractivity contribution in [2.75, 3.05) is 45.0 Å². The second kappa shape index (κ2) is 12.6. The highest BCUT2D eigenvalue weighted by Gasteiger charge is 2.16. The van der Waals surface area contributed by atoms with E-state index in [2.05, 4.69) is 50.4 Å². The molecule has 5 nitrogen and oxygen atoms in total. The summed E-state index contributed by atoms with van der Waals surface area (Å²) in [6.07, 6.45) is 3.97. The first-order valence-corrected chi connectivity index (χ1v) is 11.7. The molecule has 1 N–H and O–H groups in total. The molecule has 29 heavy (non-hydrogen) atoms. The van der Waals surface area contributed by atoms with Crippen molar-refractivity contribution in [3.8, 4) is 0 Å². The van der Waals surface area contributed by atoms with Crippen molar-refractivity contribution in [2.24, 2.45) is 0 Å². The van der Waals surface area contributed by atoms with Gasteiger partial charge in [0.25, 0.3) is 0 Å². The number of amides is 1. The lowest BCUT2D eigenvalue weighted by Gasteiger charge is -2.34. The number of thioether (sulfide) groups is 1. The lowest BCUT2D eigenvalue weighted by molar-refractivity contribution is -0.118. The maximum atomic E-state index is 11.9. The Bertz CT molecular complexity index is 705. The number of hydrogen-bond donors (Lipinski definition) is 1. The normalized spacial score (nSPS) is 15.3. The predicted octanol–water partition coefficient (Wildman–Crippen LogP) is 3.03. The first-order chi connectivity index (χ1) is 14.3. The molecule has 1 saturated heterocycles. The highest BCUT2D eigenvalue weighted by Crippen LogP contribution is 2.10. The maximum Gasteiger partial charge on any atom is 0.230 e. The zero-order valence-electron chi connectivity index (χ0n) is 17.1. The van der Waals surface area contributed by atoms with Crippen LogP contribution >= 0.6 is 11.8 Å². The van der Waals surface area contributed by atoms with E-state index in [1.165, 1.54) is 5.56 Å². The lowest BCUT2D eigenvalue weighted by Crippen LogP contribution is -2.46. The molecule has 0 aliphatic carbocycles. The van der Waals surface area contributed by atoms with Crippen LogP contribution in [0.15, 0.2) is 54.7 Å². The van der Waals surface area contributed by atoms with Gasteiger partial charge >= 0.3 is 0 Å². The summed E-state index contributed by atoms with van der Waals surface area (Å²) in [7, 11) is 0. The van der Waals surface area contributed by atoms with Gasteiger partial charge in [0.2, 0.25) is 5.91 Å². The summed E-state index contributed by atoms with van der Waals surface area (Å²) >= 11 is 1.61. The van der Waals surface area contributed by atoms with Crippen LogP contribution in [0.25, 0.3) is 0 Å². The minimum Gasteiger partial charge on any atom is -0.355 e. The predicted molar refractivity (Wildman–Crippen MR) is 121 cm³/mol. The van der Waals surface area contributed by atoms with Gasteiger partial charge in [0.1, 0.15) is 0 Å². The van der Waals surface area contributed by atoms with Crippen molar-refractivity contribution in [3.63, 3.8) is 0 Å². The minimum atomic E-state index is 0.125. The number of nitrogens with one attached hydrogen (secondary N) is 1. The van der Waals surface area contributed by atoms with Gasteiger partial charge in [-0.2, -0.15) is 0 Å². The van der Waals surface area contributed by atoms with Gasteiger partial charge < -0.3 is 10.2 Å². The molecule has 3 rings (SSSR count). The van der Waals surface area contributed by atoms with Crippen LogP contribution in [-0.4, -0.2) is 65.7 Å². The number of unbranched alkanes of at least 4 members (excludes halogenated alkanes) is 1. The van der Waals surface area contributed by atoms with Gasteiger partial charge in [0.05, 0.1) is 11.4 Å². The van der Waals surface area contributed by atoms with Crippen molar-refractivity contribution >= 4 is 17.7 Å². The number of carbonyl (C=O) groups excluding carboxylic acids is 1. The monoisotopic (exact) mass is 412 g/mol. The Balaban J connectivity index is 1.18. The molecule has 6 heteroatoms. The van der Waals surface area contributed by atoms with Crippen LogP contribution in [0.5, 0.6) is 0 Å². The smallest absolute Gasteiger partial charge is 0.230 e. The molecule has 1 aromatic carbocycles. The highest BCUT2D eigenvalue weighted by molar-refractivity contribution is 7.99. The van der Waals surface area contributed by atoms with Crippen molar-refractivity contribution in [3.05, 3.63) is 66.0 Å². The number of hydrogen-bond acceptors (Lipinski definition) is 5. The fraction of sp³-hybridized carbons (Fsp3) is 0.478. The fourth-order valence-corrected chi connectivity index (χ4v) is 4.25. The average Bonchev–Trinajstić information content (AvgIpc) is 2.76. The van der Waals surface area contributed by atoms with Crippen LogP contribution in [0.3, 0.4) is 0 Å². The van der Waals surface area contributed by atoms with Crippen LogP contribution in [0.2, 0.25) is 0 Å². The highest BCUT2D eigenvalue weighted by atomic mass is 32.2. The number of rotatable bonds is 11. The quantitative estimate of drug-likeness (QED) is 0.575. The van der Waals surface area contributed by atoms with Crippen LogP contribution in [0.4, 0.5) is 0 Å². The Labute approximate surface area is 178 Å². The second-order valence-corrected chi connectivity index (χ2v) is 8.46. The van der Waals surface area contributed by atoms with Crippen LogP contribution in [-0.2, 0) is 17.1 Å². The number of pyridine rings is 1. The molecule has 2 heterocycles. The zero-order valence-corrected chi connectivity index (χ0v) is 17.9. The van der Waals surface area contributed by atoms with E-state index in [1.54, 1.807) is 18.0 Å². The number of carbonyl (C=O) groups is 1. The molecule has 1 amide bonds. The van der Waals surface area contributed by atoms with E-state index in [4.69, 9.17) is 0 Å². The zero-order chi connectivity index (χ0) is 20.2. The Morgan fingerprint density at radius 3 is 2.48 bits per heavy atom. The van der Waals surface area contributed by atoms with Gasteiger partial charge in [-0.3, -0.25) is 14.7 Å². The largest absolute Gasteiger partial charge is 0.355 e. The summed E-state index contributed by atoms with van der Waals surface area (Å²) in [5.41, 5.74) is 2.42. The summed E-state index contributed by atoms with van der Waals surface area (Å²) in [5.74, 6) is 1.41. The van der Waals surface area contributed by atoms with Crippen molar-refractivity contribution in [1.82, 2.24) is 20.1 Å². The summed E-state index contributed by atoms with van der Waals surface area (Å²) < 4.78 is 0. The van der Waals surface area contributed by atoms with Gasteiger partial charge in [-0.05, 0) is 37.1 Å². The van der Waals surface area contributed by atoms with Crippen LogP contribution in [0, 0.1) is 0 Å². The summed E-state index contributed by atoms with van der Waals surface area (Å²) in [6.45, 7) is 7.52. The molecule has 0 unspecified atom stereocenters. The van der Waals surface area contributed by atoms with E-state index >= 15 is 0 Å². The Hall–Kier alpha value is -1.89. The summed E-state index contributed by atoms with van der Waals surface area (Å²) in [4.78, 5) is 21.3. The van der Waals surface area contributed by atoms with E-state index < -0.39 is 0 Å². The van der Waals surface area contributed by atoms with E-state index in [0.717, 1.165) is 70.1 Å². The first kappa shape index (κ1) is 21.8. The topological polar surface area (TPSA) is 48.5 Å². The third kappa shape index (κ3) is 8.56. The molecule has 1 aliphatic heterocycles. The SMILES string of the molecule is O=C(CSCc1ccccn1)NCCCCN1CCN(Cc2ccccc2)CC1. The molecule has 156 valence electrons. The van der Waals surface area contributed by atoms with Crippen molar-refractivity contribution < 1.29 is 4.79 Å². The lowest BCUT2D eigenvalue weighted by atomic mass is 10.2. The second-order valence-electron chi connectivity index (χ2n) is 7.47. The van der Waals surface area contributed by atoms with Crippen molar-refractivity contribution in [1.29, 1.82) is 0 Å². The Morgan fingerprint density at radius 2 is 1.72 bits per heavy atom. The molecular formula is C23H32N4OS. The molecule has 0 saturated carbocycles. The number of benzene rings is 1. The molecule has 1 aliphatic rings.